The summed E-state index contributed by atoms with van der Waals surface area (Å²) < 4.78 is 0. The lowest BCUT2D eigenvalue weighted by Crippen LogP contribution is -2.51. The van der Waals surface area contributed by atoms with Crippen LogP contribution in [0.15, 0.2) is 0 Å². The molecule has 0 unspecified atom stereocenters. The van der Waals surface area contributed by atoms with E-state index in [9.17, 15) is 14.7 Å². The van der Waals surface area contributed by atoms with E-state index in [2.05, 4.69) is 0 Å². The van der Waals surface area contributed by atoms with Crippen LogP contribution >= 0.6 is 0 Å². The number of aliphatic hydroxyl groups excluding tert-OH is 1. The summed E-state index contributed by atoms with van der Waals surface area (Å²) in [5.74, 6) is -0.905. The Kier molecular flexibility index (Phi) is 6.78. The molecule has 1 saturated carbocycles. The Labute approximate surface area is 120 Å². The van der Waals surface area contributed by atoms with Gasteiger partial charge in [-0.2, -0.15) is 0 Å². The van der Waals surface area contributed by atoms with Crippen molar-refractivity contribution in [2.24, 2.45) is 0 Å². The second-order valence-electron chi connectivity index (χ2n) is 5.57. The molecule has 1 rings (SSSR count). The second kappa shape index (κ2) is 8.09. The van der Waals surface area contributed by atoms with Gasteiger partial charge < -0.3 is 20.0 Å². The molecule has 6 nitrogen and oxygen atoms in total. The number of carboxylic acids is 1. The molecule has 0 atom stereocenters. The zero-order valence-electron chi connectivity index (χ0n) is 12.4. The van der Waals surface area contributed by atoms with Crippen LogP contribution < -0.4 is 0 Å². The van der Waals surface area contributed by atoms with Gasteiger partial charge in [0, 0.05) is 25.2 Å². The number of rotatable bonds is 7. The van der Waals surface area contributed by atoms with Crippen molar-refractivity contribution in [2.45, 2.75) is 58.0 Å². The zero-order chi connectivity index (χ0) is 15.1. The normalized spacial score (nSPS) is 15.6. The molecule has 0 aromatic rings. The third-order valence-electron chi connectivity index (χ3n) is 3.79. The minimum Gasteiger partial charge on any atom is -0.481 e. The van der Waals surface area contributed by atoms with Crippen molar-refractivity contribution in [2.75, 3.05) is 19.7 Å². The molecule has 1 aliphatic carbocycles. The lowest BCUT2D eigenvalue weighted by molar-refractivity contribution is -0.137. The number of hydrogen-bond acceptors (Lipinski definition) is 3. The average molecular weight is 286 g/mol. The predicted molar refractivity (Wildman–Crippen MR) is 75.5 cm³/mol. The minimum absolute atomic E-state index is 0.0514. The van der Waals surface area contributed by atoms with Gasteiger partial charge >= 0.3 is 12.0 Å². The third kappa shape index (κ3) is 4.67. The van der Waals surface area contributed by atoms with E-state index in [1.165, 1.54) is 0 Å². The van der Waals surface area contributed by atoms with Crippen LogP contribution in [0.3, 0.4) is 0 Å². The van der Waals surface area contributed by atoms with Gasteiger partial charge in [0.15, 0.2) is 0 Å². The molecule has 1 aliphatic rings. The largest absolute Gasteiger partial charge is 0.481 e. The van der Waals surface area contributed by atoms with Gasteiger partial charge in [-0.1, -0.05) is 12.8 Å². The molecule has 0 heterocycles. The highest BCUT2D eigenvalue weighted by atomic mass is 16.4. The first-order valence-electron chi connectivity index (χ1n) is 7.37. The third-order valence-corrected chi connectivity index (χ3v) is 3.79. The maximum absolute atomic E-state index is 12.6. The molecule has 116 valence electrons. The van der Waals surface area contributed by atoms with E-state index in [0.717, 1.165) is 25.7 Å². The summed E-state index contributed by atoms with van der Waals surface area (Å²) in [6, 6.07) is -0.0210. The van der Waals surface area contributed by atoms with E-state index in [0.29, 0.717) is 6.54 Å². The summed E-state index contributed by atoms with van der Waals surface area (Å²) in [6.45, 7) is 4.23. The summed E-state index contributed by atoms with van der Waals surface area (Å²) in [5.41, 5.74) is 0. The number of aliphatic carboxylic acids is 1. The van der Waals surface area contributed by atoms with Crippen LogP contribution in [0.5, 0.6) is 0 Å². The quantitative estimate of drug-likeness (QED) is 0.743. The molecule has 0 radical (unpaired) electrons. The van der Waals surface area contributed by atoms with Crippen LogP contribution in [0, 0.1) is 0 Å². The summed E-state index contributed by atoms with van der Waals surface area (Å²) >= 11 is 0. The monoisotopic (exact) mass is 286 g/mol. The van der Waals surface area contributed by atoms with Gasteiger partial charge in [-0.05, 0) is 26.7 Å². The predicted octanol–water partition coefficient (Wildman–Crippen LogP) is 1.53. The number of hydrogen-bond donors (Lipinski definition) is 2. The van der Waals surface area contributed by atoms with E-state index in [1.807, 2.05) is 13.8 Å². The Hall–Kier alpha value is -1.30. The highest BCUT2D eigenvalue weighted by Gasteiger charge is 2.30. The standard InChI is InChI=1S/C14H26N2O4/c1-11(2)15(8-7-13(18)19)14(20)16(9-10-17)12-5-3-4-6-12/h11-12,17H,3-10H2,1-2H3,(H,18,19). The van der Waals surface area contributed by atoms with Crippen LogP contribution in [-0.2, 0) is 4.79 Å². The van der Waals surface area contributed by atoms with E-state index in [-0.39, 0.29) is 37.7 Å². The highest BCUT2D eigenvalue weighted by Crippen LogP contribution is 2.24. The molecule has 0 saturated heterocycles. The topological polar surface area (TPSA) is 81.1 Å². The van der Waals surface area contributed by atoms with Gasteiger partial charge in [-0.3, -0.25) is 4.79 Å². The first-order valence-corrected chi connectivity index (χ1v) is 7.37. The van der Waals surface area contributed by atoms with E-state index >= 15 is 0 Å². The van der Waals surface area contributed by atoms with Crippen molar-refractivity contribution in [1.82, 2.24) is 9.80 Å². The Morgan fingerprint density at radius 3 is 2.25 bits per heavy atom. The van der Waals surface area contributed by atoms with Gasteiger partial charge in [0.25, 0.3) is 0 Å². The van der Waals surface area contributed by atoms with Gasteiger partial charge in [0.05, 0.1) is 13.0 Å². The summed E-state index contributed by atoms with van der Waals surface area (Å²) in [5, 5.41) is 18.0. The fourth-order valence-corrected chi connectivity index (χ4v) is 2.71. The molecule has 0 aromatic heterocycles. The molecule has 1 fully saturated rings. The lowest BCUT2D eigenvalue weighted by Gasteiger charge is -2.36. The second-order valence-corrected chi connectivity index (χ2v) is 5.57. The number of amides is 2. The molecule has 0 bridgehead atoms. The summed E-state index contributed by atoms with van der Waals surface area (Å²) in [7, 11) is 0. The molecule has 20 heavy (non-hydrogen) atoms. The van der Waals surface area contributed by atoms with E-state index < -0.39 is 5.97 Å². The van der Waals surface area contributed by atoms with Crippen molar-refractivity contribution >= 4 is 12.0 Å². The van der Waals surface area contributed by atoms with Crippen molar-refractivity contribution in [3.05, 3.63) is 0 Å². The van der Waals surface area contributed by atoms with E-state index in [4.69, 9.17) is 5.11 Å². The van der Waals surface area contributed by atoms with Gasteiger partial charge in [0.2, 0.25) is 0 Å². The molecule has 6 heteroatoms. The summed E-state index contributed by atoms with van der Waals surface area (Å²) in [6.07, 6.45) is 4.10. The fourth-order valence-electron chi connectivity index (χ4n) is 2.71. The van der Waals surface area contributed by atoms with Crippen LogP contribution in [0.25, 0.3) is 0 Å². The number of aliphatic hydroxyl groups is 1. The molecule has 2 amide bonds. The number of carbonyl (C=O) groups is 2. The first kappa shape index (κ1) is 16.8. The molecule has 0 aromatic carbocycles. The molecule has 0 aliphatic heterocycles. The number of carboxylic acid groups (broad SMARTS) is 1. The van der Waals surface area contributed by atoms with Crippen LogP contribution in [0.2, 0.25) is 0 Å². The van der Waals surface area contributed by atoms with E-state index in [1.54, 1.807) is 9.80 Å². The Morgan fingerprint density at radius 2 is 1.80 bits per heavy atom. The van der Waals surface area contributed by atoms with Gasteiger partial charge in [-0.15, -0.1) is 0 Å². The van der Waals surface area contributed by atoms with Crippen LogP contribution in [-0.4, -0.2) is 63.8 Å². The summed E-state index contributed by atoms with van der Waals surface area (Å²) in [4.78, 5) is 26.6. The van der Waals surface area contributed by atoms with Crippen molar-refractivity contribution in [3.63, 3.8) is 0 Å². The first-order chi connectivity index (χ1) is 9.47. The van der Waals surface area contributed by atoms with Gasteiger partial charge in [0.1, 0.15) is 0 Å². The number of carbonyl (C=O) groups excluding carboxylic acids is 1. The van der Waals surface area contributed by atoms with Gasteiger partial charge in [-0.25, -0.2) is 4.79 Å². The molecular formula is C14H26N2O4. The molecule has 2 N–H and O–H groups in total. The maximum atomic E-state index is 12.6. The average Bonchev–Trinajstić information content (AvgIpc) is 2.88. The SMILES string of the molecule is CC(C)N(CCC(=O)O)C(=O)N(CCO)C1CCCC1. The number of nitrogens with zero attached hydrogens (tertiary/aromatic N) is 2. The molecule has 0 spiro atoms. The Balaban J connectivity index is 2.74. The Morgan fingerprint density at radius 1 is 1.20 bits per heavy atom. The number of urea groups is 1. The lowest BCUT2D eigenvalue weighted by atomic mass is 10.2. The van der Waals surface area contributed by atoms with Crippen molar-refractivity contribution < 1.29 is 19.8 Å². The zero-order valence-corrected chi connectivity index (χ0v) is 12.4. The van der Waals surface area contributed by atoms with Crippen molar-refractivity contribution in [1.29, 1.82) is 0 Å². The van der Waals surface area contributed by atoms with Crippen LogP contribution in [0.4, 0.5) is 4.79 Å². The van der Waals surface area contributed by atoms with Crippen molar-refractivity contribution in [3.8, 4) is 0 Å². The molecular weight excluding hydrogens is 260 g/mol. The Bertz CT molecular complexity index is 327. The smallest absolute Gasteiger partial charge is 0.320 e. The maximum Gasteiger partial charge on any atom is 0.320 e. The van der Waals surface area contributed by atoms with Crippen LogP contribution in [0.1, 0.15) is 46.0 Å². The fraction of sp³-hybridized carbons (Fsp3) is 0.857. The highest BCUT2D eigenvalue weighted by molar-refractivity contribution is 5.76. The minimum atomic E-state index is -0.905.